The van der Waals surface area contributed by atoms with Gasteiger partial charge in [-0.2, -0.15) is 0 Å². The van der Waals surface area contributed by atoms with Gasteiger partial charge in [0, 0.05) is 23.1 Å². The molecule has 1 aliphatic heterocycles. The maximum atomic E-state index is 10.5. The van der Waals surface area contributed by atoms with E-state index >= 15 is 0 Å². The van der Waals surface area contributed by atoms with Gasteiger partial charge >= 0.3 is 0 Å². The summed E-state index contributed by atoms with van der Waals surface area (Å²) in [6, 6.07) is 6.81. The molecule has 4 rings (SSSR count). The number of methoxy groups -OCH3 is 3. The third-order valence-corrected chi connectivity index (χ3v) is 6.74. The topological polar surface area (TPSA) is 181 Å². The van der Waals surface area contributed by atoms with Crippen molar-refractivity contribution >= 4 is 11.0 Å². The van der Waals surface area contributed by atoms with Crippen LogP contribution in [0.2, 0.25) is 0 Å². The molecule has 1 saturated heterocycles. The van der Waals surface area contributed by atoms with Gasteiger partial charge in [-0.1, -0.05) is 0 Å². The van der Waals surface area contributed by atoms with Crippen molar-refractivity contribution in [3.8, 4) is 34.3 Å². The van der Waals surface area contributed by atoms with Crippen molar-refractivity contribution in [1.29, 1.82) is 0 Å². The molecule has 12 heteroatoms. The lowest BCUT2D eigenvalue weighted by atomic mass is 9.99. The van der Waals surface area contributed by atoms with Gasteiger partial charge in [0.1, 0.15) is 30.2 Å². The molecule has 2 aromatic carbocycles. The molecule has 0 saturated carbocycles. The van der Waals surface area contributed by atoms with E-state index < -0.39 is 37.3 Å². The normalized spacial score (nSPS) is 23.2. The summed E-state index contributed by atoms with van der Waals surface area (Å²) in [6.45, 7) is -0.774. The lowest BCUT2D eigenvalue weighted by molar-refractivity contribution is -0.304. The smallest absolute Gasteiger partial charge is 0.200 e. The van der Waals surface area contributed by atoms with Crippen LogP contribution >= 0.6 is 0 Å². The summed E-state index contributed by atoms with van der Waals surface area (Å²) in [5.41, 5.74) is 2.26. The van der Waals surface area contributed by atoms with Gasteiger partial charge in [0.15, 0.2) is 29.1 Å². The Labute approximate surface area is 224 Å². The molecule has 5 atom stereocenters. The van der Waals surface area contributed by atoms with E-state index in [4.69, 9.17) is 28.1 Å². The number of aromatic hydroxyl groups is 1. The Kier molecular flexibility index (Phi) is 9.18. The monoisotopic (exact) mass is 550 g/mol. The Hall–Kier alpha value is -3.10. The fourth-order valence-electron chi connectivity index (χ4n) is 4.63. The Morgan fingerprint density at radius 3 is 2.10 bits per heavy atom. The standard InChI is InChI=1S/C27H34O12/c1-34-17-9-14(10-18(35-2)21(17)30)25-16(12-37-27-24(33)23(32)22(31)20(11-29)38-27)15-7-13(5-4-6-28)8-19(36-3)26(15)39-25/h7-10,20,22-24,27-33H,4-6,11-12H2,1-3H3/t20-,22-,23+,24-,27-/m1/s1. The second kappa shape index (κ2) is 12.4. The number of phenolic OH excluding ortho intramolecular Hbond substituents is 1. The highest BCUT2D eigenvalue weighted by Crippen LogP contribution is 2.45. The van der Waals surface area contributed by atoms with Crippen LogP contribution < -0.4 is 14.2 Å². The van der Waals surface area contributed by atoms with Crippen LogP contribution in [0.1, 0.15) is 17.5 Å². The summed E-state index contributed by atoms with van der Waals surface area (Å²) in [7, 11) is 4.30. The number of aryl methyl sites for hydroxylation is 1. The molecule has 39 heavy (non-hydrogen) atoms. The van der Waals surface area contributed by atoms with Crippen LogP contribution in [-0.2, 0) is 22.5 Å². The minimum atomic E-state index is -1.60. The fraction of sp³-hybridized carbons (Fsp3) is 0.481. The Morgan fingerprint density at radius 1 is 0.846 bits per heavy atom. The van der Waals surface area contributed by atoms with E-state index in [1.54, 1.807) is 12.1 Å². The molecular formula is C27H34O12. The van der Waals surface area contributed by atoms with Crippen LogP contribution in [-0.4, -0.2) is 95.9 Å². The lowest BCUT2D eigenvalue weighted by Gasteiger charge is -2.39. The van der Waals surface area contributed by atoms with E-state index in [9.17, 15) is 30.6 Å². The molecular weight excluding hydrogens is 516 g/mol. The summed E-state index contributed by atoms with van der Waals surface area (Å²) in [6.07, 6.45) is -6.12. The van der Waals surface area contributed by atoms with E-state index in [-0.39, 0.29) is 30.5 Å². The van der Waals surface area contributed by atoms with Crippen LogP contribution in [0.3, 0.4) is 0 Å². The predicted molar refractivity (Wildman–Crippen MR) is 137 cm³/mol. The highest BCUT2D eigenvalue weighted by molar-refractivity contribution is 5.92. The number of phenols is 1. The van der Waals surface area contributed by atoms with Crippen molar-refractivity contribution < 1.29 is 58.7 Å². The van der Waals surface area contributed by atoms with Crippen LogP contribution in [0.5, 0.6) is 23.0 Å². The van der Waals surface area contributed by atoms with Gasteiger partial charge in [0.05, 0.1) is 34.5 Å². The molecule has 6 N–H and O–H groups in total. The maximum absolute atomic E-state index is 10.5. The molecule has 0 radical (unpaired) electrons. The van der Waals surface area contributed by atoms with Gasteiger partial charge in [-0.15, -0.1) is 0 Å². The number of benzene rings is 2. The van der Waals surface area contributed by atoms with E-state index in [1.165, 1.54) is 21.3 Å². The second-order valence-electron chi connectivity index (χ2n) is 9.15. The third-order valence-electron chi connectivity index (χ3n) is 6.74. The summed E-state index contributed by atoms with van der Waals surface area (Å²) in [4.78, 5) is 0. The summed E-state index contributed by atoms with van der Waals surface area (Å²) in [5, 5.41) is 60.6. The number of rotatable bonds is 11. The zero-order valence-electron chi connectivity index (χ0n) is 21.9. The van der Waals surface area contributed by atoms with Crippen LogP contribution in [0, 0.1) is 0 Å². The molecule has 0 amide bonds. The Morgan fingerprint density at radius 2 is 1.51 bits per heavy atom. The van der Waals surface area contributed by atoms with E-state index in [2.05, 4.69) is 0 Å². The molecule has 0 spiro atoms. The highest BCUT2D eigenvalue weighted by atomic mass is 16.7. The molecule has 2 heterocycles. The number of fused-ring (bicyclic) bond motifs is 1. The molecule has 0 bridgehead atoms. The molecule has 1 fully saturated rings. The molecule has 0 unspecified atom stereocenters. The van der Waals surface area contributed by atoms with Crippen molar-refractivity contribution in [1.82, 2.24) is 0 Å². The van der Waals surface area contributed by atoms with Gasteiger partial charge in [-0.05, 0) is 42.7 Å². The van der Waals surface area contributed by atoms with Crippen molar-refractivity contribution in [2.75, 3.05) is 34.5 Å². The molecule has 1 aromatic heterocycles. The maximum Gasteiger partial charge on any atom is 0.200 e. The number of hydrogen-bond acceptors (Lipinski definition) is 12. The second-order valence-corrected chi connectivity index (χ2v) is 9.15. The largest absolute Gasteiger partial charge is 0.502 e. The van der Waals surface area contributed by atoms with Crippen molar-refractivity contribution in [2.45, 2.75) is 50.2 Å². The number of aliphatic hydroxyl groups is 5. The number of hydrogen-bond donors (Lipinski definition) is 6. The SMILES string of the molecule is COc1cc(-c2oc3c(OC)cc(CCCO)cc3c2CO[C@@H]2O[C@H](CO)[C@@H](O)[C@H](O)[C@H]2O)cc(OC)c1O. The minimum Gasteiger partial charge on any atom is -0.502 e. The first kappa shape index (κ1) is 28.9. The number of furan rings is 1. The van der Waals surface area contributed by atoms with Gasteiger partial charge in [0.2, 0.25) is 5.75 Å². The first-order chi connectivity index (χ1) is 18.8. The molecule has 214 valence electrons. The zero-order valence-corrected chi connectivity index (χ0v) is 21.9. The fourth-order valence-corrected chi connectivity index (χ4v) is 4.63. The van der Waals surface area contributed by atoms with Gasteiger partial charge in [0.25, 0.3) is 0 Å². The van der Waals surface area contributed by atoms with Crippen molar-refractivity contribution in [3.63, 3.8) is 0 Å². The molecule has 3 aromatic rings. The van der Waals surface area contributed by atoms with Gasteiger partial charge in [-0.3, -0.25) is 0 Å². The van der Waals surface area contributed by atoms with Crippen LogP contribution in [0.15, 0.2) is 28.7 Å². The van der Waals surface area contributed by atoms with Crippen LogP contribution in [0.25, 0.3) is 22.3 Å². The minimum absolute atomic E-state index is 0.0111. The summed E-state index contributed by atoms with van der Waals surface area (Å²) in [5.74, 6) is 0.854. The highest BCUT2D eigenvalue weighted by Gasteiger charge is 2.44. The average Bonchev–Trinajstić information content (AvgIpc) is 3.32. The molecule has 0 aliphatic carbocycles. The Balaban J connectivity index is 1.83. The van der Waals surface area contributed by atoms with Gasteiger partial charge in [-0.25, -0.2) is 0 Å². The number of aliphatic hydroxyl groups excluding tert-OH is 5. The van der Waals surface area contributed by atoms with E-state index in [0.29, 0.717) is 46.4 Å². The zero-order chi connectivity index (χ0) is 28.3. The van der Waals surface area contributed by atoms with E-state index in [1.807, 2.05) is 12.1 Å². The van der Waals surface area contributed by atoms with E-state index in [0.717, 1.165) is 5.56 Å². The summed E-state index contributed by atoms with van der Waals surface area (Å²) >= 11 is 0. The molecule has 1 aliphatic rings. The third kappa shape index (κ3) is 5.63. The lowest BCUT2D eigenvalue weighted by Crippen LogP contribution is -2.59. The predicted octanol–water partition coefficient (Wildman–Crippen LogP) is 1.07. The molecule has 12 nitrogen and oxygen atoms in total. The first-order valence-electron chi connectivity index (χ1n) is 12.4. The Bertz CT molecular complexity index is 1240. The van der Waals surface area contributed by atoms with Crippen LogP contribution in [0.4, 0.5) is 0 Å². The summed E-state index contributed by atoms with van der Waals surface area (Å²) < 4.78 is 33.9. The van der Waals surface area contributed by atoms with Crippen molar-refractivity contribution in [2.24, 2.45) is 0 Å². The quantitative estimate of drug-likeness (QED) is 0.200. The van der Waals surface area contributed by atoms with Gasteiger partial charge < -0.3 is 58.7 Å². The number of ether oxygens (including phenoxy) is 5. The van der Waals surface area contributed by atoms with Crippen molar-refractivity contribution in [3.05, 3.63) is 35.4 Å². The average molecular weight is 551 g/mol. The first-order valence-corrected chi connectivity index (χ1v) is 12.4.